The Morgan fingerprint density at radius 1 is 1.07 bits per heavy atom. The third kappa shape index (κ3) is 6.06. The minimum absolute atomic E-state index is 0.0167. The van der Waals surface area contributed by atoms with E-state index in [0.29, 0.717) is 13.0 Å². The van der Waals surface area contributed by atoms with Gasteiger partial charge in [0.25, 0.3) is 0 Å². The molecule has 2 aromatic rings. The van der Waals surface area contributed by atoms with Gasteiger partial charge in [0.2, 0.25) is 11.8 Å². The van der Waals surface area contributed by atoms with E-state index in [-0.39, 0.29) is 37.9 Å². The number of hydrogen-bond acceptors (Lipinski definition) is 4. The second-order valence-corrected chi connectivity index (χ2v) is 7.35. The zero-order valence-corrected chi connectivity index (χ0v) is 16.8. The van der Waals surface area contributed by atoms with E-state index in [2.05, 4.69) is 0 Å². The molecule has 0 aromatic heterocycles. The Morgan fingerprint density at radius 3 is 2.59 bits per heavy atom. The Labute approximate surface area is 171 Å². The average molecular weight is 396 g/mol. The third-order valence-electron chi connectivity index (χ3n) is 5.17. The van der Waals surface area contributed by atoms with Crippen molar-refractivity contribution >= 4 is 11.8 Å². The summed E-state index contributed by atoms with van der Waals surface area (Å²) < 4.78 is 5.21. The van der Waals surface area contributed by atoms with Crippen LogP contribution < -0.4 is 4.74 Å². The van der Waals surface area contributed by atoms with Crippen LogP contribution in [0.2, 0.25) is 0 Å². The van der Waals surface area contributed by atoms with Crippen LogP contribution in [0.1, 0.15) is 17.5 Å². The van der Waals surface area contributed by atoms with Gasteiger partial charge >= 0.3 is 0 Å². The van der Waals surface area contributed by atoms with E-state index < -0.39 is 6.10 Å². The maximum absolute atomic E-state index is 12.7. The standard InChI is InChI=1S/C23H28N2O4/c1-29-21-9-5-8-19(14-21)10-11-22(27)25-16-20(26)15-24(23(28)17-25)13-12-18-6-3-2-4-7-18/h2-9,14,20,26H,10-13,15-17H2,1H3. The number of aliphatic hydroxyl groups excluding tert-OH is 1. The molecule has 0 spiro atoms. The smallest absolute Gasteiger partial charge is 0.242 e. The Balaban J connectivity index is 1.55. The first-order chi connectivity index (χ1) is 14.0. The van der Waals surface area contributed by atoms with E-state index in [1.807, 2.05) is 54.6 Å². The summed E-state index contributed by atoms with van der Waals surface area (Å²) in [6, 6.07) is 17.5. The number of hydrogen-bond donors (Lipinski definition) is 1. The van der Waals surface area contributed by atoms with Gasteiger partial charge in [-0.2, -0.15) is 0 Å². The summed E-state index contributed by atoms with van der Waals surface area (Å²) in [5.41, 5.74) is 2.15. The van der Waals surface area contributed by atoms with Crippen LogP contribution in [0.15, 0.2) is 54.6 Å². The summed E-state index contributed by atoms with van der Waals surface area (Å²) in [4.78, 5) is 28.5. The molecule has 2 amide bonds. The number of aryl methyl sites for hydroxylation is 1. The number of ether oxygens (including phenoxy) is 1. The highest BCUT2D eigenvalue weighted by Gasteiger charge is 2.28. The maximum atomic E-state index is 12.7. The van der Waals surface area contributed by atoms with Gasteiger partial charge in [0.05, 0.1) is 19.8 Å². The maximum Gasteiger partial charge on any atom is 0.242 e. The molecule has 1 heterocycles. The van der Waals surface area contributed by atoms with Gasteiger partial charge in [-0.15, -0.1) is 0 Å². The topological polar surface area (TPSA) is 70.1 Å². The summed E-state index contributed by atoms with van der Waals surface area (Å²) >= 11 is 0. The highest BCUT2D eigenvalue weighted by Crippen LogP contribution is 2.15. The van der Waals surface area contributed by atoms with E-state index in [1.165, 1.54) is 4.90 Å². The molecule has 154 valence electrons. The molecule has 1 N–H and O–H groups in total. The van der Waals surface area contributed by atoms with E-state index >= 15 is 0 Å². The molecule has 1 unspecified atom stereocenters. The molecule has 0 bridgehead atoms. The second-order valence-electron chi connectivity index (χ2n) is 7.35. The van der Waals surface area contributed by atoms with Gasteiger partial charge in [-0.3, -0.25) is 9.59 Å². The lowest BCUT2D eigenvalue weighted by molar-refractivity contribution is -0.138. The van der Waals surface area contributed by atoms with Gasteiger partial charge in [0.15, 0.2) is 0 Å². The number of nitrogens with zero attached hydrogens (tertiary/aromatic N) is 2. The predicted molar refractivity (Wildman–Crippen MR) is 111 cm³/mol. The summed E-state index contributed by atoms with van der Waals surface area (Å²) in [5.74, 6) is 0.515. The van der Waals surface area contributed by atoms with Gasteiger partial charge in [0, 0.05) is 26.1 Å². The molecule has 1 atom stereocenters. The Bertz CT molecular complexity index is 825. The van der Waals surface area contributed by atoms with E-state index in [9.17, 15) is 14.7 Å². The molecule has 0 radical (unpaired) electrons. The van der Waals surface area contributed by atoms with E-state index in [4.69, 9.17) is 4.74 Å². The predicted octanol–water partition coefficient (Wildman–Crippen LogP) is 1.90. The first-order valence-electron chi connectivity index (χ1n) is 9.95. The first kappa shape index (κ1) is 20.9. The van der Waals surface area contributed by atoms with Crippen LogP contribution in [0.25, 0.3) is 0 Å². The molecule has 6 nitrogen and oxygen atoms in total. The van der Waals surface area contributed by atoms with Crippen LogP contribution in [0.3, 0.4) is 0 Å². The van der Waals surface area contributed by atoms with Crippen molar-refractivity contribution in [3.05, 3.63) is 65.7 Å². The third-order valence-corrected chi connectivity index (χ3v) is 5.17. The highest BCUT2D eigenvalue weighted by molar-refractivity contribution is 5.85. The van der Waals surface area contributed by atoms with Crippen LogP contribution in [-0.2, 0) is 22.4 Å². The van der Waals surface area contributed by atoms with Crippen molar-refractivity contribution < 1.29 is 19.4 Å². The lowest BCUT2D eigenvalue weighted by atomic mass is 10.1. The van der Waals surface area contributed by atoms with E-state index in [0.717, 1.165) is 23.3 Å². The minimum Gasteiger partial charge on any atom is -0.497 e. The molecule has 0 saturated carbocycles. The number of carbonyl (C=O) groups excluding carboxylic acids is 2. The quantitative estimate of drug-likeness (QED) is 0.776. The SMILES string of the molecule is COc1cccc(CCC(=O)N2CC(=O)N(CCc3ccccc3)CC(O)C2)c1. The van der Waals surface area contributed by atoms with Crippen LogP contribution in [0, 0.1) is 0 Å². The van der Waals surface area contributed by atoms with Crippen molar-refractivity contribution in [2.24, 2.45) is 0 Å². The van der Waals surface area contributed by atoms with Crippen molar-refractivity contribution in [1.82, 2.24) is 9.80 Å². The van der Waals surface area contributed by atoms with Crippen molar-refractivity contribution in [1.29, 1.82) is 0 Å². The zero-order valence-electron chi connectivity index (χ0n) is 16.8. The van der Waals surface area contributed by atoms with Crippen LogP contribution >= 0.6 is 0 Å². The molecular weight excluding hydrogens is 368 g/mol. The fourth-order valence-electron chi connectivity index (χ4n) is 3.55. The van der Waals surface area contributed by atoms with Gasteiger partial charge in [-0.25, -0.2) is 0 Å². The molecule has 1 saturated heterocycles. The number of carbonyl (C=O) groups is 2. The highest BCUT2D eigenvalue weighted by atomic mass is 16.5. The van der Waals surface area contributed by atoms with Crippen LogP contribution in [0.4, 0.5) is 0 Å². The van der Waals surface area contributed by atoms with E-state index in [1.54, 1.807) is 12.0 Å². The second kappa shape index (κ2) is 10.1. The van der Waals surface area contributed by atoms with Crippen molar-refractivity contribution in [2.45, 2.75) is 25.4 Å². The molecule has 3 rings (SSSR count). The van der Waals surface area contributed by atoms with Crippen LogP contribution in [-0.4, -0.2) is 66.1 Å². The summed E-state index contributed by atoms with van der Waals surface area (Å²) in [7, 11) is 1.61. The fourth-order valence-corrected chi connectivity index (χ4v) is 3.55. The average Bonchev–Trinajstić information content (AvgIpc) is 2.89. The summed E-state index contributed by atoms with van der Waals surface area (Å²) in [5, 5.41) is 10.3. The van der Waals surface area contributed by atoms with Gasteiger partial charge < -0.3 is 19.6 Å². The van der Waals surface area contributed by atoms with Gasteiger partial charge in [-0.1, -0.05) is 42.5 Å². The lowest BCUT2D eigenvalue weighted by Gasteiger charge is -2.22. The molecule has 2 aromatic carbocycles. The molecule has 1 fully saturated rings. The van der Waals surface area contributed by atoms with Gasteiger partial charge in [0.1, 0.15) is 5.75 Å². The van der Waals surface area contributed by atoms with Crippen molar-refractivity contribution in [2.75, 3.05) is 33.3 Å². The zero-order chi connectivity index (χ0) is 20.6. The number of benzene rings is 2. The molecule has 29 heavy (non-hydrogen) atoms. The molecule has 1 aliphatic rings. The molecule has 0 aliphatic carbocycles. The lowest BCUT2D eigenvalue weighted by Crippen LogP contribution is -2.40. The summed E-state index contributed by atoms with van der Waals surface area (Å²) in [6.45, 7) is 0.990. The van der Waals surface area contributed by atoms with Crippen molar-refractivity contribution in [3.8, 4) is 5.75 Å². The largest absolute Gasteiger partial charge is 0.497 e. The van der Waals surface area contributed by atoms with Crippen molar-refractivity contribution in [3.63, 3.8) is 0 Å². The Kier molecular flexibility index (Phi) is 7.25. The van der Waals surface area contributed by atoms with Gasteiger partial charge in [-0.05, 0) is 36.1 Å². The van der Waals surface area contributed by atoms with Crippen LogP contribution in [0.5, 0.6) is 5.75 Å². The fraction of sp³-hybridized carbons (Fsp3) is 0.391. The normalized spacial score (nSPS) is 17.2. The first-order valence-corrected chi connectivity index (χ1v) is 9.95. The monoisotopic (exact) mass is 396 g/mol. The Hall–Kier alpha value is -2.86. The number of aliphatic hydroxyl groups is 1. The number of rotatable bonds is 7. The number of β-amino-alcohol motifs (C(OH)–C–C–N with tert-alkyl or cyclic N) is 1. The molecule has 1 aliphatic heterocycles. The number of amides is 2. The molecular formula is C23H28N2O4. The minimum atomic E-state index is -0.738. The summed E-state index contributed by atoms with van der Waals surface area (Å²) in [6.07, 6.45) is 0.840. The number of methoxy groups -OCH3 is 1. The molecule has 6 heteroatoms. The Morgan fingerprint density at radius 2 is 1.83 bits per heavy atom.